The van der Waals surface area contributed by atoms with Crippen molar-refractivity contribution in [2.75, 3.05) is 6.54 Å². The Balaban J connectivity index is 2.28. The van der Waals surface area contributed by atoms with Gasteiger partial charge in [0.1, 0.15) is 11.3 Å². The number of carboxylic acids is 1. The Morgan fingerprint density at radius 1 is 1.44 bits per heavy atom. The van der Waals surface area contributed by atoms with Crippen LogP contribution in [0.15, 0.2) is 16.7 Å². The van der Waals surface area contributed by atoms with E-state index in [0.717, 1.165) is 0 Å². The molecule has 1 heterocycles. The predicted molar refractivity (Wildman–Crippen MR) is 65.3 cm³/mol. The lowest BCUT2D eigenvalue weighted by Gasteiger charge is -2.08. The van der Waals surface area contributed by atoms with Crippen molar-refractivity contribution in [3.63, 3.8) is 0 Å². The molecule has 0 saturated carbocycles. The van der Waals surface area contributed by atoms with Gasteiger partial charge in [0, 0.05) is 19.0 Å². The molecule has 3 N–H and O–H groups in total. The van der Waals surface area contributed by atoms with Gasteiger partial charge >= 0.3 is 5.97 Å². The van der Waals surface area contributed by atoms with Gasteiger partial charge in [0.05, 0.1) is 12.8 Å². The average molecular weight is 254 g/mol. The Hall–Kier alpha value is -1.82. The van der Waals surface area contributed by atoms with Crippen LogP contribution in [0.1, 0.15) is 36.4 Å². The second-order valence-electron chi connectivity index (χ2n) is 4.21. The zero-order valence-corrected chi connectivity index (χ0v) is 10.5. The number of rotatable bonds is 7. The third-order valence-electron chi connectivity index (χ3n) is 2.24. The molecule has 1 aromatic rings. The topological polar surface area (TPSA) is 91.6 Å². The van der Waals surface area contributed by atoms with E-state index >= 15 is 0 Å². The van der Waals surface area contributed by atoms with E-state index in [9.17, 15) is 9.59 Å². The van der Waals surface area contributed by atoms with Crippen molar-refractivity contribution in [1.29, 1.82) is 0 Å². The van der Waals surface area contributed by atoms with Gasteiger partial charge in [0.2, 0.25) is 5.91 Å². The highest BCUT2D eigenvalue weighted by molar-refractivity contribution is 5.88. The Labute approximate surface area is 105 Å². The van der Waals surface area contributed by atoms with Gasteiger partial charge in [-0.2, -0.15) is 0 Å². The first kappa shape index (κ1) is 14.2. The third kappa shape index (κ3) is 4.58. The molecule has 0 fully saturated rings. The lowest BCUT2D eigenvalue weighted by Crippen LogP contribution is -2.32. The Morgan fingerprint density at radius 3 is 2.78 bits per heavy atom. The molecule has 1 rings (SSSR count). The molecule has 1 aromatic heterocycles. The van der Waals surface area contributed by atoms with E-state index in [-0.39, 0.29) is 17.5 Å². The van der Waals surface area contributed by atoms with Gasteiger partial charge in [-0.1, -0.05) is 0 Å². The molecule has 0 aromatic carbocycles. The smallest absolute Gasteiger partial charge is 0.339 e. The predicted octanol–water partition coefficient (Wildman–Crippen LogP) is 0.982. The van der Waals surface area contributed by atoms with E-state index in [1.165, 1.54) is 12.3 Å². The average Bonchev–Trinajstić information content (AvgIpc) is 2.71. The Kier molecular flexibility index (Phi) is 5.38. The normalized spacial score (nSPS) is 10.6. The highest BCUT2D eigenvalue weighted by Crippen LogP contribution is 2.09. The number of carboxylic acid groups (broad SMARTS) is 1. The van der Waals surface area contributed by atoms with Crippen LogP contribution in [-0.4, -0.2) is 29.6 Å². The van der Waals surface area contributed by atoms with Gasteiger partial charge in [-0.05, 0) is 19.9 Å². The summed E-state index contributed by atoms with van der Waals surface area (Å²) in [6.07, 6.45) is 1.69. The molecule has 1 amide bonds. The fraction of sp³-hybridized carbons (Fsp3) is 0.500. The zero-order valence-electron chi connectivity index (χ0n) is 10.5. The first-order chi connectivity index (χ1) is 8.50. The number of carbonyl (C=O) groups excluding carboxylic acids is 1. The molecule has 0 spiro atoms. The largest absolute Gasteiger partial charge is 0.478 e. The van der Waals surface area contributed by atoms with E-state index in [2.05, 4.69) is 10.6 Å². The lowest BCUT2D eigenvalue weighted by atomic mass is 10.2. The summed E-state index contributed by atoms with van der Waals surface area (Å²) in [6, 6.07) is 1.53. The van der Waals surface area contributed by atoms with Gasteiger partial charge in [0.25, 0.3) is 0 Å². The number of carbonyl (C=O) groups is 2. The minimum atomic E-state index is -1.02. The third-order valence-corrected chi connectivity index (χ3v) is 2.24. The minimum Gasteiger partial charge on any atom is -0.478 e. The van der Waals surface area contributed by atoms with E-state index < -0.39 is 5.97 Å². The van der Waals surface area contributed by atoms with Gasteiger partial charge in [0.15, 0.2) is 0 Å². The summed E-state index contributed by atoms with van der Waals surface area (Å²) in [5.41, 5.74) is 0.147. The molecule has 6 heteroatoms. The van der Waals surface area contributed by atoms with Crippen LogP contribution >= 0.6 is 0 Å². The zero-order chi connectivity index (χ0) is 13.5. The van der Waals surface area contributed by atoms with Crippen LogP contribution in [0.5, 0.6) is 0 Å². The molecule has 0 aliphatic rings. The molecular formula is C12H18N2O4. The second kappa shape index (κ2) is 6.80. The van der Waals surface area contributed by atoms with E-state index in [1.807, 2.05) is 13.8 Å². The van der Waals surface area contributed by atoms with Crippen LogP contribution < -0.4 is 10.6 Å². The monoisotopic (exact) mass is 254 g/mol. The minimum absolute atomic E-state index is 0.0320. The maximum absolute atomic E-state index is 11.3. The van der Waals surface area contributed by atoms with Crippen molar-refractivity contribution in [3.05, 3.63) is 23.7 Å². The first-order valence-corrected chi connectivity index (χ1v) is 5.80. The number of amides is 1. The summed E-state index contributed by atoms with van der Waals surface area (Å²) in [5, 5.41) is 14.6. The molecule has 0 saturated heterocycles. The van der Waals surface area contributed by atoms with Gasteiger partial charge < -0.3 is 20.2 Å². The summed E-state index contributed by atoms with van der Waals surface area (Å²) in [7, 11) is 0. The van der Waals surface area contributed by atoms with Gasteiger partial charge in [-0.3, -0.25) is 4.79 Å². The highest BCUT2D eigenvalue weighted by Gasteiger charge is 2.12. The van der Waals surface area contributed by atoms with Crippen molar-refractivity contribution >= 4 is 11.9 Å². The first-order valence-electron chi connectivity index (χ1n) is 5.80. The fourth-order valence-electron chi connectivity index (χ4n) is 1.47. The number of nitrogens with one attached hydrogen (secondary N) is 2. The molecule has 0 radical (unpaired) electrons. The number of aromatic carboxylic acids is 1. The Morgan fingerprint density at radius 2 is 2.17 bits per heavy atom. The molecule has 0 atom stereocenters. The molecule has 18 heavy (non-hydrogen) atoms. The molecule has 0 aliphatic heterocycles. The molecular weight excluding hydrogens is 236 g/mol. The number of hydrogen-bond acceptors (Lipinski definition) is 4. The quantitative estimate of drug-likeness (QED) is 0.631. The van der Waals surface area contributed by atoms with Crippen LogP contribution in [0.25, 0.3) is 0 Å². The molecule has 6 nitrogen and oxygen atoms in total. The molecule has 100 valence electrons. The second-order valence-corrected chi connectivity index (χ2v) is 4.21. The van der Waals surface area contributed by atoms with Crippen LogP contribution in [0.4, 0.5) is 0 Å². The summed E-state index contributed by atoms with van der Waals surface area (Å²) >= 11 is 0. The Bertz CT molecular complexity index is 412. The molecule has 0 bridgehead atoms. The van der Waals surface area contributed by atoms with Crippen molar-refractivity contribution in [1.82, 2.24) is 10.6 Å². The SMILES string of the molecule is CC(C)NC(=O)CCNCc1occc1C(=O)O. The van der Waals surface area contributed by atoms with Crippen molar-refractivity contribution in [2.45, 2.75) is 32.9 Å². The van der Waals surface area contributed by atoms with Crippen LogP contribution in [0.2, 0.25) is 0 Å². The standard InChI is InChI=1S/C12H18N2O4/c1-8(2)14-11(15)3-5-13-7-10-9(12(16)17)4-6-18-10/h4,6,8,13H,3,5,7H2,1-2H3,(H,14,15)(H,16,17). The maximum Gasteiger partial charge on any atom is 0.339 e. The summed E-state index contributed by atoms with van der Waals surface area (Å²) in [6.45, 7) is 4.56. The van der Waals surface area contributed by atoms with Crippen molar-refractivity contribution in [3.8, 4) is 0 Å². The van der Waals surface area contributed by atoms with Crippen molar-refractivity contribution in [2.24, 2.45) is 0 Å². The number of furan rings is 1. The summed E-state index contributed by atoms with van der Waals surface area (Å²) in [5.74, 6) is -0.680. The van der Waals surface area contributed by atoms with Crippen molar-refractivity contribution < 1.29 is 19.1 Å². The fourth-order valence-corrected chi connectivity index (χ4v) is 1.47. The number of hydrogen-bond donors (Lipinski definition) is 3. The molecule has 0 unspecified atom stereocenters. The van der Waals surface area contributed by atoms with Crippen LogP contribution in [0.3, 0.4) is 0 Å². The lowest BCUT2D eigenvalue weighted by molar-refractivity contribution is -0.121. The van der Waals surface area contributed by atoms with Crippen LogP contribution in [0, 0.1) is 0 Å². The summed E-state index contributed by atoms with van der Waals surface area (Å²) in [4.78, 5) is 22.1. The highest BCUT2D eigenvalue weighted by atomic mass is 16.4. The summed E-state index contributed by atoms with van der Waals surface area (Å²) < 4.78 is 5.05. The van der Waals surface area contributed by atoms with Gasteiger partial charge in [-0.25, -0.2) is 4.79 Å². The molecule has 0 aliphatic carbocycles. The van der Waals surface area contributed by atoms with Crippen LogP contribution in [-0.2, 0) is 11.3 Å². The maximum atomic E-state index is 11.3. The van der Waals surface area contributed by atoms with E-state index in [4.69, 9.17) is 9.52 Å². The van der Waals surface area contributed by atoms with Gasteiger partial charge in [-0.15, -0.1) is 0 Å². The van der Waals surface area contributed by atoms with E-state index in [1.54, 1.807) is 0 Å². The van der Waals surface area contributed by atoms with E-state index in [0.29, 0.717) is 25.3 Å².